The summed E-state index contributed by atoms with van der Waals surface area (Å²) in [6.07, 6.45) is 0.0781. The third kappa shape index (κ3) is 6.53. The minimum Gasteiger partial charge on any atom is -0.495 e. The Morgan fingerprint density at radius 1 is 0.909 bits per heavy atom. The van der Waals surface area contributed by atoms with E-state index in [-0.39, 0.29) is 37.1 Å². The number of amides is 1. The van der Waals surface area contributed by atoms with Gasteiger partial charge in [-0.05, 0) is 42.3 Å². The molecule has 11 heteroatoms. The Balaban J connectivity index is 1.91. The minimum absolute atomic E-state index is 0.0781. The molecule has 0 aliphatic carbocycles. The number of benzene rings is 3. The summed E-state index contributed by atoms with van der Waals surface area (Å²) in [5.74, 6) is -0.314. The standard InChI is InChI=1S/C22H18Cl4N2O4S/c1-32-21-8-7-14(10-18(21)26)33(30,31)28-20(9-13-5-3-2-4-6-13)22(29)27-19-12-16(24)15(23)11-17(19)25/h2-8,10-12,20,28H,9H2,1H3,(H,27,29)/t20-/m0/s1. The normalized spacial score (nSPS) is 12.3. The zero-order valence-electron chi connectivity index (χ0n) is 17.1. The smallest absolute Gasteiger partial charge is 0.242 e. The summed E-state index contributed by atoms with van der Waals surface area (Å²) in [4.78, 5) is 13.0. The number of anilines is 1. The molecule has 1 amide bonds. The van der Waals surface area contributed by atoms with Crippen LogP contribution in [0.2, 0.25) is 20.1 Å². The molecule has 3 rings (SSSR count). The maximum Gasteiger partial charge on any atom is 0.242 e. The second-order valence-corrected chi connectivity index (χ2v) is 10.2. The number of halogens is 4. The van der Waals surface area contributed by atoms with Crippen molar-refractivity contribution in [1.82, 2.24) is 4.72 Å². The molecule has 0 radical (unpaired) electrons. The molecule has 3 aromatic carbocycles. The average molecular weight is 548 g/mol. The van der Waals surface area contributed by atoms with Gasteiger partial charge in [0.25, 0.3) is 0 Å². The number of hydrogen-bond acceptors (Lipinski definition) is 4. The molecule has 0 fully saturated rings. The van der Waals surface area contributed by atoms with Crippen molar-refractivity contribution in [3.8, 4) is 5.75 Å². The van der Waals surface area contributed by atoms with E-state index in [2.05, 4.69) is 10.0 Å². The molecule has 0 bridgehead atoms. The fraction of sp³-hybridized carbons (Fsp3) is 0.136. The zero-order chi connectivity index (χ0) is 24.2. The SMILES string of the molecule is COc1ccc(S(=O)(=O)N[C@@H](Cc2ccccc2)C(=O)Nc2cc(Cl)c(Cl)cc2Cl)cc1Cl. The van der Waals surface area contributed by atoms with E-state index in [1.165, 1.54) is 37.4 Å². The molecule has 33 heavy (non-hydrogen) atoms. The lowest BCUT2D eigenvalue weighted by Gasteiger charge is -2.20. The third-order valence-electron chi connectivity index (χ3n) is 4.60. The monoisotopic (exact) mass is 546 g/mol. The first-order chi connectivity index (χ1) is 15.6. The summed E-state index contributed by atoms with van der Waals surface area (Å²) in [5.41, 5.74) is 0.939. The Bertz CT molecular complexity index is 1270. The summed E-state index contributed by atoms with van der Waals surface area (Å²) in [5, 5.41) is 3.29. The fourth-order valence-corrected chi connectivity index (χ4v) is 5.08. The number of carbonyl (C=O) groups excluding carboxylic acids is 1. The fourth-order valence-electron chi connectivity index (χ4n) is 2.95. The molecule has 6 nitrogen and oxygen atoms in total. The maximum atomic E-state index is 13.1. The Morgan fingerprint density at radius 3 is 2.21 bits per heavy atom. The number of methoxy groups -OCH3 is 1. The van der Waals surface area contributed by atoms with Gasteiger partial charge in [0.05, 0.1) is 37.8 Å². The minimum atomic E-state index is -4.12. The highest BCUT2D eigenvalue weighted by Gasteiger charge is 2.27. The van der Waals surface area contributed by atoms with Crippen LogP contribution in [0, 0.1) is 0 Å². The molecule has 0 aliphatic rings. The van der Waals surface area contributed by atoms with Gasteiger partial charge >= 0.3 is 0 Å². The second-order valence-electron chi connectivity index (χ2n) is 6.90. The molecule has 0 saturated carbocycles. The number of ether oxygens (including phenoxy) is 1. The van der Waals surface area contributed by atoms with Crippen molar-refractivity contribution in [3.63, 3.8) is 0 Å². The summed E-state index contributed by atoms with van der Waals surface area (Å²) < 4.78 is 33.6. The van der Waals surface area contributed by atoms with E-state index in [0.29, 0.717) is 5.75 Å². The van der Waals surface area contributed by atoms with Crippen LogP contribution in [0.4, 0.5) is 5.69 Å². The Morgan fingerprint density at radius 2 is 1.58 bits per heavy atom. The van der Waals surface area contributed by atoms with Gasteiger partial charge in [-0.25, -0.2) is 8.42 Å². The van der Waals surface area contributed by atoms with Crippen LogP contribution in [0.3, 0.4) is 0 Å². The number of hydrogen-bond donors (Lipinski definition) is 2. The van der Waals surface area contributed by atoms with Crippen LogP contribution >= 0.6 is 46.4 Å². The van der Waals surface area contributed by atoms with Crippen LogP contribution < -0.4 is 14.8 Å². The van der Waals surface area contributed by atoms with Gasteiger partial charge in [-0.1, -0.05) is 76.7 Å². The molecule has 174 valence electrons. The first-order valence-corrected chi connectivity index (χ1v) is 12.5. The third-order valence-corrected chi connectivity index (χ3v) is 7.40. The van der Waals surface area contributed by atoms with Gasteiger partial charge in [0.2, 0.25) is 15.9 Å². The van der Waals surface area contributed by atoms with E-state index < -0.39 is 22.0 Å². The lowest BCUT2D eigenvalue weighted by Crippen LogP contribution is -2.45. The molecule has 0 saturated heterocycles. The van der Waals surface area contributed by atoms with Crippen LogP contribution in [-0.4, -0.2) is 27.5 Å². The highest BCUT2D eigenvalue weighted by molar-refractivity contribution is 7.89. The van der Waals surface area contributed by atoms with Gasteiger partial charge in [0.1, 0.15) is 11.8 Å². The van der Waals surface area contributed by atoms with Gasteiger partial charge in [0.15, 0.2) is 0 Å². The van der Waals surface area contributed by atoms with Gasteiger partial charge < -0.3 is 10.1 Å². The lowest BCUT2D eigenvalue weighted by atomic mass is 10.1. The van der Waals surface area contributed by atoms with Gasteiger partial charge in [-0.3, -0.25) is 4.79 Å². The van der Waals surface area contributed by atoms with Gasteiger partial charge in [0, 0.05) is 0 Å². The Labute approximate surface area is 211 Å². The molecule has 0 heterocycles. The van der Waals surface area contributed by atoms with Crippen molar-refractivity contribution in [1.29, 1.82) is 0 Å². The molecular weight excluding hydrogens is 530 g/mol. The van der Waals surface area contributed by atoms with Crippen molar-refractivity contribution in [3.05, 3.63) is 86.3 Å². The first-order valence-electron chi connectivity index (χ1n) is 9.46. The molecule has 0 spiro atoms. The number of nitrogens with one attached hydrogen (secondary N) is 2. The van der Waals surface area contributed by atoms with Crippen molar-refractivity contribution < 1.29 is 17.9 Å². The second kappa shape index (κ2) is 11.0. The highest BCUT2D eigenvalue weighted by atomic mass is 35.5. The summed E-state index contributed by atoms with van der Waals surface area (Å²) in [6, 6.07) is 14.6. The van der Waals surface area contributed by atoms with Crippen LogP contribution in [0.1, 0.15) is 5.56 Å². The van der Waals surface area contributed by atoms with Crippen LogP contribution in [0.25, 0.3) is 0 Å². The van der Waals surface area contributed by atoms with Crippen molar-refractivity contribution >= 4 is 68.0 Å². The Hall–Kier alpha value is -2.00. The van der Waals surface area contributed by atoms with Gasteiger partial charge in [-0.15, -0.1) is 0 Å². The largest absolute Gasteiger partial charge is 0.495 e. The van der Waals surface area contributed by atoms with Crippen LogP contribution in [-0.2, 0) is 21.2 Å². The zero-order valence-corrected chi connectivity index (χ0v) is 21.0. The van der Waals surface area contributed by atoms with E-state index in [1.807, 2.05) is 6.07 Å². The van der Waals surface area contributed by atoms with Crippen molar-refractivity contribution in [2.45, 2.75) is 17.4 Å². The summed E-state index contributed by atoms with van der Waals surface area (Å²) in [6.45, 7) is 0. The number of carbonyl (C=O) groups is 1. The molecule has 0 aromatic heterocycles. The molecule has 0 aliphatic heterocycles. The molecular formula is C22H18Cl4N2O4S. The van der Waals surface area contributed by atoms with Gasteiger partial charge in [-0.2, -0.15) is 4.72 Å². The first kappa shape index (κ1) is 25.6. The predicted octanol–water partition coefficient (Wildman–Crippen LogP) is 5.84. The van der Waals surface area contributed by atoms with Crippen molar-refractivity contribution in [2.75, 3.05) is 12.4 Å². The lowest BCUT2D eigenvalue weighted by molar-refractivity contribution is -0.117. The van der Waals surface area contributed by atoms with Crippen LogP contribution in [0.15, 0.2) is 65.6 Å². The van der Waals surface area contributed by atoms with E-state index in [9.17, 15) is 13.2 Å². The quantitative estimate of drug-likeness (QED) is 0.347. The number of sulfonamides is 1. The summed E-state index contributed by atoms with van der Waals surface area (Å²) in [7, 11) is -2.70. The van der Waals surface area contributed by atoms with E-state index >= 15 is 0 Å². The molecule has 2 N–H and O–H groups in total. The Kier molecular flexibility index (Phi) is 8.50. The topological polar surface area (TPSA) is 84.5 Å². The van der Waals surface area contributed by atoms with E-state index in [4.69, 9.17) is 51.1 Å². The number of rotatable bonds is 8. The van der Waals surface area contributed by atoms with E-state index in [1.54, 1.807) is 24.3 Å². The summed E-state index contributed by atoms with van der Waals surface area (Å²) >= 11 is 24.2. The van der Waals surface area contributed by atoms with E-state index in [0.717, 1.165) is 5.56 Å². The molecule has 3 aromatic rings. The molecule has 1 atom stereocenters. The predicted molar refractivity (Wildman–Crippen MR) is 132 cm³/mol. The maximum absolute atomic E-state index is 13.1. The molecule has 0 unspecified atom stereocenters. The highest BCUT2D eigenvalue weighted by Crippen LogP contribution is 2.32. The van der Waals surface area contributed by atoms with Crippen molar-refractivity contribution in [2.24, 2.45) is 0 Å². The average Bonchev–Trinajstić information content (AvgIpc) is 2.77. The van der Waals surface area contributed by atoms with Crippen LogP contribution in [0.5, 0.6) is 5.75 Å².